The van der Waals surface area contributed by atoms with Gasteiger partial charge in [-0.2, -0.15) is 0 Å². The van der Waals surface area contributed by atoms with Gasteiger partial charge in [0.2, 0.25) is 0 Å². The molecule has 0 fully saturated rings. The zero-order chi connectivity index (χ0) is 11.8. The second kappa shape index (κ2) is 6.88. The van der Waals surface area contributed by atoms with Crippen molar-refractivity contribution in [2.45, 2.75) is 26.7 Å². The van der Waals surface area contributed by atoms with Crippen LogP contribution in [0.25, 0.3) is 0 Å². The lowest BCUT2D eigenvalue weighted by Crippen LogP contribution is -2.06. The number of ether oxygens (including phenoxy) is 2. The fraction of sp³-hybridized carbons (Fsp3) is 0.462. The van der Waals surface area contributed by atoms with Crippen LogP contribution >= 0.6 is 0 Å². The number of benzene rings is 1. The van der Waals surface area contributed by atoms with E-state index in [1.807, 2.05) is 19.9 Å². The first-order valence-corrected chi connectivity index (χ1v) is 5.68. The number of rotatable bonds is 6. The lowest BCUT2D eigenvalue weighted by Gasteiger charge is -2.06. The molecule has 0 bridgehead atoms. The van der Waals surface area contributed by atoms with Crippen molar-refractivity contribution in [1.29, 1.82) is 0 Å². The lowest BCUT2D eigenvalue weighted by atomic mass is 10.2. The van der Waals surface area contributed by atoms with Gasteiger partial charge >= 0.3 is 5.97 Å². The highest BCUT2D eigenvalue weighted by atomic mass is 16.5. The van der Waals surface area contributed by atoms with Crippen LogP contribution in [0.15, 0.2) is 24.3 Å². The van der Waals surface area contributed by atoms with E-state index in [0.717, 1.165) is 12.8 Å². The summed E-state index contributed by atoms with van der Waals surface area (Å²) in [6.45, 7) is 5.12. The third-order valence-corrected chi connectivity index (χ3v) is 1.98. The van der Waals surface area contributed by atoms with Crippen molar-refractivity contribution in [2.75, 3.05) is 13.2 Å². The van der Waals surface area contributed by atoms with Crippen molar-refractivity contribution in [1.82, 2.24) is 0 Å². The molecule has 1 aromatic carbocycles. The lowest BCUT2D eigenvalue weighted by molar-refractivity contribution is 0.0504. The van der Waals surface area contributed by atoms with E-state index in [1.165, 1.54) is 0 Å². The Morgan fingerprint density at radius 1 is 1.19 bits per heavy atom. The van der Waals surface area contributed by atoms with Crippen LogP contribution in [0.5, 0.6) is 5.75 Å². The van der Waals surface area contributed by atoms with E-state index in [0.29, 0.717) is 24.5 Å². The van der Waals surface area contributed by atoms with Gasteiger partial charge in [-0.15, -0.1) is 0 Å². The van der Waals surface area contributed by atoms with Gasteiger partial charge in [0.1, 0.15) is 5.75 Å². The van der Waals surface area contributed by atoms with E-state index >= 15 is 0 Å². The smallest absolute Gasteiger partial charge is 0.338 e. The van der Waals surface area contributed by atoms with Gasteiger partial charge in [0, 0.05) is 0 Å². The molecule has 0 heterocycles. The van der Waals surface area contributed by atoms with Crippen LogP contribution in [0.2, 0.25) is 0 Å². The second-order valence-corrected chi connectivity index (χ2v) is 3.51. The predicted molar refractivity (Wildman–Crippen MR) is 62.8 cm³/mol. The molecule has 3 nitrogen and oxygen atoms in total. The molecule has 88 valence electrons. The van der Waals surface area contributed by atoms with E-state index in [9.17, 15) is 4.79 Å². The standard InChI is InChI=1S/C13H18O3/c1-3-8-15-12-7-5-6-11(10-12)13(14)16-9-4-2/h5-7,10H,3-4,8-9H2,1-2H3. The van der Waals surface area contributed by atoms with E-state index < -0.39 is 0 Å². The maximum atomic E-state index is 11.6. The van der Waals surface area contributed by atoms with E-state index in [2.05, 4.69) is 0 Å². The maximum absolute atomic E-state index is 11.6. The van der Waals surface area contributed by atoms with Gasteiger partial charge in [0.05, 0.1) is 18.8 Å². The van der Waals surface area contributed by atoms with Crippen LogP contribution in [0.3, 0.4) is 0 Å². The fourth-order valence-corrected chi connectivity index (χ4v) is 1.21. The Bertz CT molecular complexity index is 334. The largest absolute Gasteiger partial charge is 0.494 e. The number of carbonyl (C=O) groups excluding carboxylic acids is 1. The summed E-state index contributed by atoms with van der Waals surface area (Å²) < 4.78 is 10.5. The summed E-state index contributed by atoms with van der Waals surface area (Å²) in [5.74, 6) is 0.427. The Kier molecular flexibility index (Phi) is 5.40. The molecule has 0 aliphatic rings. The highest BCUT2D eigenvalue weighted by molar-refractivity contribution is 5.89. The van der Waals surface area contributed by atoms with Crippen LogP contribution in [0.4, 0.5) is 0 Å². The van der Waals surface area contributed by atoms with Gasteiger partial charge in [0.25, 0.3) is 0 Å². The van der Waals surface area contributed by atoms with E-state index in [-0.39, 0.29) is 5.97 Å². The summed E-state index contributed by atoms with van der Waals surface area (Å²) in [6.07, 6.45) is 1.78. The number of hydrogen-bond acceptors (Lipinski definition) is 3. The number of hydrogen-bond donors (Lipinski definition) is 0. The quantitative estimate of drug-likeness (QED) is 0.694. The third kappa shape index (κ3) is 3.93. The van der Waals surface area contributed by atoms with Crippen LogP contribution in [-0.2, 0) is 4.74 Å². The van der Waals surface area contributed by atoms with Crippen LogP contribution in [-0.4, -0.2) is 19.2 Å². The molecular weight excluding hydrogens is 204 g/mol. The van der Waals surface area contributed by atoms with Gasteiger partial charge < -0.3 is 9.47 Å². The van der Waals surface area contributed by atoms with Crippen LogP contribution < -0.4 is 4.74 Å². The average molecular weight is 222 g/mol. The summed E-state index contributed by atoms with van der Waals surface area (Å²) in [7, 11) is 0. The zero-order valence-corrected chi connectivity index (χ0v) is 9.86. The van der Waals surface area contributed by atoms with Gasteiger partial charge in [0.15, 0.2) is 0 Å². The highest BCUT2D eigenvalue weighted by Gasteiger charge is 2.07. The number of esters is 1. The molecule has 0 radical (unpaired) electrons. The first-order valence-electron chi connectivity index (χ1n) is 5.68. The predicted octanol–water partition coefficient (Wildman–Crippen LogP) is 3.04. The van der Waals surface area contributed by atoms with E-state index in [4.69, 9.17) is 9.47 Å². The Hall–Kier alpha value is -1.51. The molecule has 0 saturated heterocycles. The summed E-state index contributed by atoms with van der Waals surface area (Å²) >= 11 is 0. The van der Waals surface area contributed by atoms with Crippen molar-refractivity contribution < 1.29 is 14.3 Å². The minimum Gasteiger partial charge on any atom is -0.494 e. The Labute approximate surface area is 96.4 Å². The van der Waals surface area contributed by atoms with Crippen molar-refractivity contribution in [2.24, 2.45) is 0 Å². The van der Waals surface area contributed by atoms with Crippen molar-refractivity contribution in [3.8, 4) is 5.75 Å². The summed E-state index contributed by atoms with van der Waals surface area (Å²) in [5, 5.41) is 0. The molecular formula is C13H18O3. The minimum absolute atomic E-state index is 0.288. The van der Waals surface area contributed by atoms with Gasteiger partial charge in [-0.3, -0.25) is 0 Å². The highest BCUT2D eigenvalue weighted by Crippen LogP contribution is 2.14. The average Bonchev–Trinajstić information content (AvgIpc) is 2.33. The third-order valence-electron chi connectivity index (χ3n) is 1.98. The minimum atomic E-state index is -0.288. The van der Waals surface area contributed by atoms with Gasteiger partial charge in [-0.25, -0.2) is 4.79 Å². The van der Waals surface area contributed by atoms with E-state index in [1.54, 1.807) is 18.2 Å². The fourth-order valence-electron chi connectivity index (χ4n) is 1.21. The molecule has 0 aliphatic heterocycles. The first-order chi connectivity index (χ1) is 7.77. The molecule has 0 aromatic heterocycles. The van der Waals surface area contributed by atoms with Crippen molar-refractivity contribution >= 4 is 5.97 Å². The SMILES string of the molecule is CCCOC(=O)c1cccc(OCCC)c1. The molecule has 0 amide bonds. The van der Waals surface area contributed by atoms with Gasteiger partial charge in [-0.05, 0) is 31.0 Å². The Balaban J connectivity index is 2.62. The molecule has 0 spiro atoms. The Morgan fingerprint density at radius 2 is 1.94 bits per heavy atom. The normalized spacial score (nSPS) is 9.88. The molecule has 0 unspecified atom stereocenters. The molecule has 0 N–H and O–H groups in total. The molecule has 1 rings (SSSR count). The summed E-state index contributed by atoms with van der Waals surface area (Å²) in [6, 6.07) is 7.09. The molecule has 0 saturated carbocycles. The zero-order valence-electron chi connectivity index (χ0n) is 9.86. The maximum Gasteiger partial charge on any atom is 0.338 e. The molecule has 3 heteroatoms. The number of carbonyl (C=O) groups is 1. The van der Waals surface area contributed by atoms with Crippen molar-refractivity contribution in [3.63, 3.8) is 0 Å². The summed E-state index contributed by atoms with van der Waals surface area (Å²) in [4.78, 5) is 11.6. The molecule has 1 aromatic rings. The topological polar surface area (TPSA) is 35.5 Å². The first kappa shape index (κ1) is 12.6. The second-order valence-electron chi connectivity index (χ2n) is 3.51. The van der Waals surface area contributed by atoms with Crippen molar-refractivity contribution in [3.05, 3.63) is 29.8 Å². The van der Waals surface area contributed by atoms with Crippen LogP contribution in [0, 0.1) is 0 Å². The Morgan fingerprint density at radius 3 is 2.62 bits per heavy atom. The monoisotopic (exact) mass is 222 g/mol. The van der Waals surface area contributed by atoms with Gasteiger partial charge in [-0.1, -0.05) is 19.9 Å². The molecule has 0 atom stereocenters. The summed E-state index contributed by atoms with van der Waals surface area (Å²) in [5.41, 5.74) is 0.544. The van der Waals surface area contributed by atoms with Crippen LogP contribution in [0.1, 0.15) is 37.0 Å². The molecule has 0 aliphatic carbocycles. The molecule has 16 heavy (non-hydrogen) atoms.